The predicted octanol–water partition coefficient (Wildman–Crippen LogP) is 2.58. The Labute approximate surface area is 107 Å². The molecule has 4 heteroatoms. The monoisotopic (exact) mass is 251 g/mol. The fourth-order valence-corrected chi connectivity index (χ4v) is 2.02. The minimum absolute atomic E-state index is 0.0363. The van der Waals surface area contributed by atoms with Gasteiger partial charge in [-0.3, -0.25) is 9.69 Å². The maximum Gasteiger partial charge on any atom is 0.238 e. The van der Waals surface area contributed by atoms with Gasteiger partial charge in [-0.25, -0.2) is 0 Å². The lowest BCUT2D eigenvalue weighted by atomic mass is 10.1. The third-order valence-corrected chi connectivity index (χ3v) is 3.05. The molecule has 0 unspecified atom stereocenters. The van der Waals surface area contributed by atoms with Gasteiger partial charge < -0.3 is 5.32 Å². The quantitative estimate of drug-likeness (QED) is 0.896. The number of piperidine rings is 1. The third kappa shape index (κ3) is 4.02. The molecule has 0 atom stereocenters. The number of nitrogens with one attached hydrogen (secondary N) is 1. The van der Waals surface area contributed by atoms with Crippen LogP contribution in [0, 0.1) is 6.42 Å². The number of carbonyl (C=O) groups excluding carboxylic acids is 1. The number of nitrogens with zero attached hydrogens (tertiary/aromatic N) is 1. The second-order valence-corrected chi connectivity index (χ2v) is 4.63. The highest BCUT2D eigenvalue weighted by Gasteiger charge is 2.13. The Morgan fingerprint density at radius 3 is 2.53 bits per heavy atom. The molecule has 1 saturated heterocycles. The average Bonchev–Trinajstić information content (AvgIpc) is 2.33. The van der Waals surface area contributed by atoms with Crippen LogP contribution in [-0.4, -0.2) is 30.4 Å². The summed E-state index contributed by atoms with van der Waals surface area (Å²) in [6, 6.07) is 7.16. The largest absolute Gasteiger partial charge is 0.325 e. The number of amides is 1. The number of halogens is 1. The van der Waals surface area contributed by atoms with E-state index in [4.69, 9.17) is 11.6 Å². The second kappa shape index (κ2) is 6.03. The van der Waals surface area contributed by atoms with Crippen LogP contribution >= 0.6 is 11.6 Å². The Bertz CT molecular complexity index is 372. The van der Waals surface area contributed by atoms with Gasteiger partial charge in [0.15, 0.2) is 0 Å². The summed E-state index contributed by atoms with van der Waals surface area (Å²) in [7, 11) is 0. The Balaban J connectivity index is 1.82. The van der Waals surface area contributed by atoms with Gasteiger partial charge in [-0.05, 0) is 56.6 Å². The highest BCUT2D eigenvalue weighted by molar-refractivity contribution is 6.30. The third-order valence-electron chi connectivity index (χ3n) is 2.79. The molecule has 0 aromatic heterocycles. The summed E-state index contributed by atoms with van der Waals surface area (Å²) in [6.07, 6.45) is 4.43. The van der Waals surface area contributed by atoms with Gasteiger partial charge in [-0.15, -0.1) is 0 Å². The van der Waals surface area contributed by atoms with E-state index < -0.39 is 0 Å². The van der Waals surface area contributed by atoms with Gasteiger partial charge in [0.1, 0.15) is 0 Å². The zero-order valence-corrected chi connectivity index (χ0v) is 10.4. The van der Waals surface area contributed by atoms with Gasteiger partial charge in [0.05, 0.1) is 6.54 Å². The smallest absolute Gasteiger partial charge is 0.238 e. The number of hydrogen-bond donors (Lipinski definition) is 1. The van der Waals surface area contributed by atoms with Crippen molar-refractivity contribution in [2.75, 3.05) is 25.0 Å². The van der Waals surface area contributed by atoms with Crippen LogP contribution in [-0.2, 0) is 4.79 Å². The molecule has 17 heavy (non-hydrogen) atoms. The van der Waals surface area contributed by atoms with Gasteiger partial charge in [-0.1, -0.05) is 11.6 Å². The van der Waals surface area contributed by atoms with E-state index in [2.05, 4.69) is 16.6 Å². The molecule has 1 fully saturated rings. The van der Waals surface area contributed by atoms with E-state index in [1.54, 1.807) is 12.1 Å². The van der Waals surface area contributed by atoms with Crippen molar-refractivity contribution in [1.82, 2.24) is 4.90 Å². The Morgan fingerprint density at radius 1 is 1.24 bits per heavy atom. The van der Waals surface area contributed by atoms with Crippen LogP contribution in [0.1, 0.15) is 12.8 Å². The van der Waals surface area contributed by atoms with E-state index in [1.807, 2.05) is 12.1 Å². The lowest BCUT2D eigenvalue weighted by Crippen LogP contribution is -2.36. The summed E-state index contributed by atoms with van der Waals surface area (Å²) in [5, 5.41) is 3.54. The van der Waals surface area contributed by atoms with Crippen LogP contribution in [0.5, 0.6) is 0 Å². The van der Waals surface area contributed by atoms with E-state index in [9.17, 15) is 4.79 Å². The number of anilines is 1. The zero-order valence-electron chi connectivity index (χ0n) is 9.66. The molecule has 2 rings (SSSR count). The van der Waals surface area contributed by atoms with Crippen molar-refractivity contribution in [3.63, 3.8) is 0 Å². The van der Waals surface area contributed by atoms with Crippen molar-refractivity contribution >= 4 is 23.2 Å². The van der Waals surface area contributed by atoms with Crippen molar-refractivity contribution in [3.05, 3.63) is 35.7 Å². The summed E-state index contributed by atoms with van der Waals surface area (Å²) in [4.78, 5) is 13.9. The highest BCUT2D eigenvalue weighted by atomic mass is 35.5. The van der Waals surface area contributed by atoms with Crippen molar-refractivity contribution in [2.45, 2.75) is 12.8 Å². The first-order valence-corrected chi connectivity index (χ1v) is 6.21. The fraction of sp³-hybridized carbons (Fsp3) is 0.385. The normalized spacial score (nSPS) is 16.8. The van der Waals surface area contributed by atoms with Crippen LogP contribution < -0.4 is 5.32 Å². The standard InChI is InChI=1S/C13H16ClN2O/c14-11-4-6-12(7-5-11)15-13(17)10-16-8-2-1-3-9-16/h1,4-7H,2-3,8-10H2,(H,15,17). The van der Waals surface area contributed by atoms with Gasteiger partial charge >= 0.3 is 0 Å². The van der Waals surface area contributed by atoms with Crippen molar-refractivity contribution < 1.29 is 4.79 Å². The molecule has 1 heterocycles. The Hall–Kier alpha value is -1.06. The lowest BCUT2D eigenvalue weighted by molar-refractivity contribution is -0.117. The molecule has 0 aliphatic carbocycles. The second-order valence-electron chi connectivity index (χ2n) is 4.20. The highest BCUT2D eigenvalue weighted by Crippen LogP contribution is 2.13. The summed E-state index contributed by atoms with van der Waals surface area (Å²) >= 11 is 5.78. The topological polar surface area (TPSA) is 32.3 Å². The van der Waals surface area contributed by atoms with E-state index >= 15 is 0 Å². The molecule has 0 spiro atoms. The van der Waals surface area contributed by atoms with Gasteiger partial charge in [0, 0.05) is 10.7 Å². The minimum Gasteiger partial charge on any atom is -0.325 e. The number of likely N-dealkylation sites (tertiary alicyclic amines) is 1. The van der Waals surface area contributed by atoms with E-state index in [0.29, 0.717) is 11.6 Å². The fourth-order valence-electron chi connectivity index (χ4n) is 1.90. The van der Waals surface area contributed by atoms with Gasteiger partial charge in [0.25, 0.3) is 0 Å². The molecule has 91 valence electrons. The SMILES string of the molecule is O=C(CN1CC[CH]CC1)Nc1ccc(Cl)cc1. The van der Waals surface area contributed by atoms with E-state index in [-0.39, 0.29) is 5.91 Å². The molecule has 1 aromatic rings. The molecule has 1 aliphatic rings. The van der Waals surface area contributed by atoms with Crippen LogP contribution in [0.3, 0.4) is 0 Å². The summed E-state index contributed by atoms with van der Waals surface area (Å²) in [6.45, 7) is 2.43. The molecule has 1 N–H and O–H groups in total. The first kappa shape index (κ1) is 12.4. The molecular weight excluding hydrogens is 236 g/mol. The van der Waals surface area contributed by atoms with Crippen molar-refractivity contribution in [2.24, 2.45) is 0 Å². The number of rotatable bonds is 3. The summed E-state index contributed by atoms with van der Waals surface area (Å²) in [5.41, 5.74) is 0.794. The molecule has 1 amide bonds. The van der Waals surface area contributed by atoms with Crippen LogP contribution in [0.15, 0.2) is 24.3 Å². The maximum atomic E-state index is 11.8. The number of benzene rings is 1. The predicted molar refractivity (Wildman–Crippen MR) is 70.1 cm³/mol. The average molecular weight is 252 g/mol. The molecule has 0 saturated carbocycles. The van der Waals surface area contributed by atoms with E-state index in [1.165, 1.54) is 0 Å². The Morgan fingerprint density at radius 2 is 1.88 bits per heavy atom. The number of hydrogen-bond acceptors (Lipinski definition) is 2. The molecule has 0 bridgehead atoms. The molecular formula is C13H16ClN2O. The minimum atomic E-state index is 0.0363. The van der Waals surface area contributed by atoms with Gasteiger partial charge in [0.2, 0.25) is 5.91 Å². The molecule has 1 aromatic carbocycles. The molecule has 1 aliphatic heterocycles. The first-order valence-electron chi connectivity index (χ1n) is 5.83. The van der Waals surface area contributed by atoms with Crippen LogP contribution in [0.4, 0.5) is 5.69 Å². The Kier molecular flexibility index (Phi) is 4.40. The van der Waals surface area contributed by atoms with Crippen LogP contribution in [0.2, 0.25) is 5.02 Å². The summed E-state index contributed by atoms with van der Waals surface area (Å²) < 4.78 is 0. The lowest BCUT2D eigenvalue weighted by Gasteiger charge is -2.25. The van der Waals surface area contributed by atoms with Crippen molar-refractivity contribution in [3.8, 4) is 0 Å². The van der Waals surface area contributed by atoms with Gasteiger partial charge in [-0.2, -0.15) is 0 Å². The number of carbonyl (C=O) groups is 1. The van der Waals surface area contributed by atoms with Crippen molar-refractivity contribution in [1.29, 1.82) is 0 Å². The maximum absolute atomic E-state index is 11.8. The molecule has 3 nitrogen and oxygen atoms in total. The zero-order chi connectivity index (χ0) is 12.1. The molecule has 1 radical (unpaired) electrons. The summed E-state index contributed by atoms with van der Waals surface area (Å²) in [5.74, 6) is 0.0363. The van der Waals surface area contributed by atoms with E-state index in [0.717, 1.165) is 31.6 Å². The van der Waals surface area contributed by atoms with Crippen LogP contribution in [0.25, 0.3) is 0 Å². The first-order chi connectivity index (χ1) is 8.24.